The van der Waals surface area contributed by atoms with Crippen LogP contribution in [0.5, 0.6) is 0 Å². The number of benzene rings is 1. The molecule has 2 rings (SSSR count). The molecule has 0 radical (unpaired) electrons. The van der Waals surface area contributed by atoms with Gasteiger partial charge in [-0.15, -0.1) is 0 Å². The summed E-state index contributed by atoms with van der Waals surface area (Å²) < 4.78 is 27.3. The van der Waals surface area contributed by atoms with E-state index in [4.69, 9.17) is 0 Å². The van der Waals surface area contributed by atoms with Crippen LogP contribution in [0.1, 0.15) is 12.5 Å². The minimum atomic E-state index is -0.881. The lowest BCUT2D eigenvalue weighted by atomic mass is 10.1. The zero-order chi connectivity index (χ0) is 17.9. The van der Waals surface area contributed by atoms with Crippen LogP contribution >= 0.6 is 0 Å². The van der Waals surface area contributed by atoms with E-state index in [-0.39, 0.29) is 29.8 Å². The van der Waals surface area contributed by atoms with Crippen molar-refractivity contribution in [2.24, 2.45) is 5.92 Å². The van der Waals surface area contributed by atoms with E-state index in [1.165, 1.54) is 24.0 Å². The lowest BCUT2D eigenvalue weighted by molar-refractivity contribution is -0.135. The maximum atomic E-state index is 13.9. The van der Waals surface area contributed by atoms with Crippen molar-refractivity contribution in [3.05, 3.63) is 35.4 Å². The first-order valence-electron chi connectivity index (χ1n) is 7.91. The van der Waals surface area contributed by atoms with E-state index in [0.717, 1.165) is 6.07 Å². The summed E-state index contributed by atoms with van der Waals surface area (Å²) in [5.41, 5.74) is 0.252. The van der Waals surface area contributed by atoms with Crippen LogP contribution in [-0.4, -0.2) is 66.8 Å². The van der Waals surface area contributed by atoms with E-state index < -0.39 is 11.6 Å². The Labute approximate surface area is 140 Å². The molecule has 0 spiro atoms. The summed E-state index contributed by atoms with van der Waals surface area (Å²) >= 11 is 0. The fourth-order valence-electron chi connectivity index (χ4n) is 2.94. The summed E-state index contributed by atoms with van der Waals surface area (Å²) in [5, 5.41) is 0. The van der Waals surface area contributed by atoms with Crippen molar-refractivity contribution < 1.29 is 18.4 Å². The van der Waals surface area contributed by atoms with Gasteiger partial charge in [0.15, 0.2) is 11.6 Å². The molecule has 0 saturated carbocycles. The van der Waals surface area contributed by atoms with Crippen molar-refractivity contribution in [3.63, 3.8) is 0 Å². The highest BCUT2D eigenvalue weighted by molar-refractivity contribution is 5.80. The Balaban J connectivity index is 2.19. The first-order valence-corrected chi connectivity index (χ1v) is 7.91. The lowest BCUT2D eigenvalue weighted by Gasteiger charge is -2.25. The monoisotopic (exact) mass is 339 g/mol. The second kappa shape index (κ2) is 7.70. The summed E-state index contributed by atoms with van der Waals surface area (Å²) in [6.07, 6.45) is 0. The van der Waals surface area contributed by atoms with Crippen LogP contribution in [0.25, 0.3) is 0 Å². The summed E-state index contributed by atoms with van der Waals surface area (Å²) in [4.78, 5) is 29.1. The van der Waals surface area contributed by atoms with Gasteiger partial charge < -0.3 is 9.80 Å². The van der Waals surface area contributed by atoms with Crippen molar-refractivity contribution >= 4 is 11.8 Å². The summed E-state index contributed by atoms with van der Waals surface area (Å²) in [6, 6.07) is 4.09. The molecule has 1 fully saturated rings. The van der Waals surface area contributed by atoms with Gasteiger partial charge in [-0.25, -0.2) is 8.78 Å². The topological polar surface area (TPSA) is 43.9 Å². The van der Waals surface area contributed by atoms with Gasteiger partial charge in [-0.05, 0) is 6.07 Å². The third-order valence-electron chi connectivity index (χ3n) is 4.27. The Hall–Kier alpha value is -2.02. The van der Waals surface area contributed by atoms with E-state index in [9.17, 15) is 18.4 Å². The zero-order valence-electron chi connectivity index (χ0n) is 14.3. The third-order valence-corrected chi connectivity index (χ3v) is 4.27. The molecule has 5 nitrogen and oxygen atoms in total. The SMILES string of the molecule is CC(=O)N1CCN(Cc2cccc(F)c2F)C[C@H](C(=O)N(C)C)C1. The predicted octanol–water partition coefficient (Wildman–Crippen LogP) is 1.33. The molecule has 0 bridgehead atoms. The molecule has 132 valence electrons. The number of carbonyl (C=O) groups is 2. The van der Waals surface area contributed by atoms with Crippen LogP contribution in [0.15, 0.2) is 18.2 Å². The lowest BCUT2D eigenvalue weighted by Crippen LogP contribution is -2.41. The van der Waals surface area contributed by atoms with Gasteiger partial charge in [0, 0.05) is 59.3 Å². The molecule has 24 heavy (non-hydrogen) atoms. The quantitative estimate of drug-likeness (QED) is 0.835. The van der Waals surface area contributed by atoms with E-state index in [1.807, 2.05) is 4.90 Å². The molecule has 1 aromatic carbocycles. The van der Waals surface area contributed by atoms with Gasteiger partial charge in [0.25, 0.3) is 0 Å². The molecule has 2 amide bonds. The number of nitrogens with zero attached hydrogens (tertiary/aromatic N) is 3. The molecule has 1 aromatic rings. The van der Waals surface area contributed by atoms with E-state index in [1.54, 1.807) is 19.0 Å². The minimum absolute atomic E-state index is 0.0761. The number of carbonyl (C=O) groups excluding carboxylic acids is 2. The number of rotatable bonds is 3. The van der Waals surface area contributed by atoms with Crippen LogP contribution in [0.3, 0.4) is 0 Å². The average Bonchev–Trinajstić information content (AvgIpc) is 2.74. The van der Waals surface area contributed by atoms with Gasteiger partial charge in [0.1, 0.15) is 0 Å². The number of hydrogen-bond acceptors (Lipinski definition) is 3. The van der Waals surface area contributed by atoms with Crippen molar-refractivity contribution in [1.29, 1.82) is 0 Å². The highest BCUT2D eigenvalue weighted by Crippen LogP contribution is 2.18. The molecule has 0 aliphatic carbocycles. The van der Waals surface area contributed by atoms with E-state index in [2.05, 4.69) is 0 Å². The first-order chi connectivity index (χ1) is 11.3. The summed E-state index contributed by atoms with van der Waals surface area (Å²) in [5.74, 6) is -2.30. The van der Waals surface area contributed by atoms with Gasteiger partial charge in [-0.2, -0.15) is 0 Å². The van der Waals surface area contributed by atoms with Gasteiger partial charge in [0.05, 0.1) is 5.92 Å². The largest absolute Gasteiger partial charge is 0.348 e. The number of halogens is 2. The molecule has 7 heteroatoms. The fraction of sp³-hybridized carbons (Fsp3) is 0.529. The highest BCUT2D eigenvalue weighted by atomic mass is 19.2. The Morgan fingerprint density at radius 3 is 2.54 bits per heavy atom. The van der Waals surface area contributed by atoms with Gasteiger partial charge in [-0.3, -0.25) is 14.5 Å². The van der Waals surface area contributed by atoms with Gasteiger partial charge in [0.2, 0.25) is 11.8 Å². The minimum Gasteiger partial charge on any atom is -0.348 e. The normalized spacial score (nSPS) is 19.0. The van der Waals surface area contributed by atoms with Crippen LogP contribution in [0.2, 0.25) is 0 Å². The van der Waals surface area contributed by atoms with Gasteiger partial charge in [-0.1, -0.05) is 12.1 Å². The maximum absolute atomic E-state index is 13.9. The van der Waals surface area contributed by atoms with Crippen LogP contribution in [-0.2, 0) is 16.1 Å². The molecule has 0 aromatic heterocycles. The Bertz CT molecular complexity index is 622. The molecule has 0 unspecified atom stereocenters. The Morgan fingerprint density at radius 1 is 1.21 bits per heavy atom. The van der Waals surface area contributed by atoms with Crippen LogP contribution < -0.4 is 0 Å². The Morgan fingerprint density at radius 2 is 1.92 bits per heavy atom. The summed E-state index contributed by atoms with van der Waals surface area (Å²) in [7, 11) is 3.34. The van der Waals surface area contributed by atoms with Crippen molar-refractivity contribution in [2.45, 2.75) is 13.5 Å². The average molecular weight is 339 g/mol. The second-order valence-corrected chi connectivity index (χ2v) is 6.34. The van der Waals surface area contributed by atoms with Gasteiger partial charge >= 0.3 is 0 Å². The second-order valence-electron chi connectivity index (χ2n) is 6.34. The molecule has 1 aliphatic rings. The highest BCUT2D eigenvalue weighted by Gasteiger charge is 2.30. The van der Waals surface area contributed by atoms with Crippen LogP contribution in [0.4, 0.5) is 8.78 Å². The predicted molar refractivity (Wildman–Crippen MR) is 86.1 cm³/mol. The third kappa shape index (κ3) is 4.29. The van der Waals surface area contributed by atoms with E-state index in [0.29, 0.717) is 26.2 Å². The molecule has 1 saturated heterocycles. The number of hydrogen-bond donors (Lipinski definition) is 0. The first kappa shape index (κ1) is 18.3. The fourth-order valence-corrected chi connectivity index (χ4v) is 2.94. The smallest absolute Gasteiger partial charge is 0.228 e. The standard InChI is InChI=1S/C17H23F2N3O2/c1-12(23)22-8-7-21(10-14(11-22)17(24)20(2)3)9-13-5-4-6-15(18)16(13)19/h4-6,14H,7-11H2,1-3H3/t14-/m0/s1. The van der Waals surface area contributed by atoms with Crippen molar-refractivity contribution in [3.8, 4) is 0 Å². The molecular formula is C17H23F2N3O2. The van der Waals surface area contributed by atoms with Crippen LogP contribution in [0, 0.1) is 17.6 Å². The summed E-state index contributed by atoms with van der Waals surface area (Å²) in [6.45, 7) is 3.38. The maximum Gasteiger partial charge on any atom is 0.228 e. The van der Waals surface area contributed by atoms with E-state index >= 15 is 0 Å². The molecule has 1 atom stereocenters. The zero-order valence-corrected chi connectivity index (χ0v) is 14.3. The Kier molecular flexibility index (Phi) is 5.88. The molecular weight excluding hydrogens is 316 g/mol. The van der Waals surface area contributed by atoms with Crippen molar-refractivity contribution in [1.82, 2.24) is 14.7 Å². The van der Waals surface area contributed by atoms with Crippen molar-refractivity contribution in [2.75, 3.05) is 40.3 Å². The molecule has 1 heterocycles. The molecule has 1 aliphatic heterocycles. The number of amides is 2. The molecule has 0 N–H and O–H groups in total.